The van der Waals surface area contributed by atoms with Crippen molar-refractivity contribution in [2.24, 2.45) is 11.3 Å². The highest BCUT2D eigenvalue weighted by molar-refractivity contribution is 9.10. The lowest BCUT2D eigenvalue weighted by atomic mass is 9.80. The fourth-order valence-electron chi connectivity index (χ4n) is 2.60. The number of aromatic nitrogens is 1. The van der Waals surface area contributed by atoms with Crippen molar-refractivity contribution >= 4 is 31.8 Å². The Balaban J connectivity index is 2.34. The van der Waals surface area contributed by atoms with Gasteiger partial charge in [0.05, 0.1) is 0 Å². The first-order chi connectivity index (χ1) is 9.66. The van der Waals surface area contributed by atoms with E-state index >= 15 is 0 Å². The van der Waals surface area contributed by atoms with Gasteiger partial charge in [0.2, 0.25) is 10.0 Å². The minimum atomic E-state index is -3.52. The third-order valence-electron chi connectivity index (χ3n) is 4.05. The van der Waals surface area contributed by atoms with Crippen molar-refractivity contribution in [3.05, 3.63) is 16.7 Å². The van der Waals surface area contributed by atoms with Gasteiger partial charge in [-0.2, -0.15) is 4.31 Å². The Bertz CT molecular complexity index is 626. The molecule has 1 N–H and O–H groups in total. The fraction of sp³-hybridized carbons (Fsp3) is 0.643. The first-order valence-electron chi connectivity index (χ1n) is 6.99. The molecule has 1 saturated heterocycles. The van der Waals surface area contributed by atoms with Crippen LogP contribution in [-0.2, 0) is 10.0 Å². The molecule has 1 unspecified atom stereocenters. The number of pyridine rings is 1. The predicted octanol–water partition coefficient (Wildman–Crippen LogP) is 2.94. The van der Waals surface area contributed by atoms with Crippen molar-refractivity contribution in [2.75, 3.05) is 25.5 Å². The molecule has 2 rings (SSSR count). The maximum Gasteiger partial charge on any atom is 0.246 e. The number of hydrogen-bond acceptors (Lipinski definition) is 4. The van der Waals surface area contributed by atoms with Crippen molar-refractivity contribution < 1.29 is 8.42 Å². The van der Waals surface area contributed by atoms with Gasteiger partial charge in [0.25, 0.3) is 0 Å². The molecule has 1 aromatic heterocycles. The lowest BCUT2D eigenvalue weighted by Crippen LogP contribution is -2.31. The summed E-state index contributed by atoms with van der Waals surface area (Å²) in [6.07, 6.45) is 2.49. The average Bonchev–Trinajstić information content (AvgIpc) is 2.88. The van der Waals surface area contributed by atoms with Crippen LogP contribution in [0.1, 0.15) is 27.2 Å². The summed E-state index contributed by atoms with van der Waals surface area (Å²) in [5.41, 5.74) is 0.117. The molecule has 1 aliphatic rings. The molecule has 1 aliphatic heterocycles. The lowest BCUT2D eigenvalue weighted by molar-refractivity contribution is 0.252. The molecule has 1 fully saturated rings. The maximum atomic E-state index is 12.9. The van der Waals surface area contributed by atoms with Gasteiger partial charge in [0.1, 0.15) is 10.7 Å². The van der Waals surface area contributed by atoms with Crippen molar-refractivity contribution in [3.8, 4) is 0 Å². The maximum absolute atomic E-state index is 12.9. The van der Waals surface area contributed by atoms with Gasteiger partial charge in [0.15, 0.2) is 0 Å². The number of halogens is 1. The van der Waals surface area contributed by atoms with Crippen molar-refractivity contribution in [3.63, 3.8) is 0 Å². The zero-order valence-electron chi connectivity index (χ0n) is 12.9. The van der Waals surface area contributed by atoms with Gasteiger partial charge in [-0.15, -0.1) is 0 Å². The van der Waals surface area contributed by atoms with E-state index in [4.69, 9.17) is 0 Å². The van der Waals surface area contributed by atoms with Gasteiger partial charge in [-0.1, -0.05) is 20.8 Å². The highest BCUT2D eigenvalue weighted by atomic mass is 79.9. The normalized spacial score (nSPS) is 20.7. The third-order valence-corrected chi connectivity index (χ3v) is 6.36. The molecule has 118 valence electrons. The van der Waals surface area contributed by atoms with E-state index in [2.05, 4.69) is 47.0 Å². The SMILES string of the molecule is CNc1ncc(Br)cc1S(=O)(=O)N1CCC(C(C)(C)C)C1. The van der Waals surface area contributed by atoms with E-state index in [1.54, 1.807) is 23.6 Å². The van der Waals surface area contributed by atoms with E-state index in [0.717, 1.165) is 6.42 Å². The molecule has 0 aromatic carbocycles. The lowest BCUT2D eigenvalue weighted by Gasteiger charge is -2.27. The van der Waals surface area contributed by atoms with Crippen LogP contribution < -0.4 is 5.32 Å². The number of anilines is 1. The molecule has 1 atom stereocenters. The molecule has 7 heteroatoms. The first kappa shape index (κ1) is 16.7. The van der Waals surface area contributed by atoms with E-state index in [0.29, 0.717) is 29.3 Å². The number of nitrogens with zero attached hydrogens (tertiary/aromatic N) is 2. The van der Waals surface area contributed by atoms with Crippen molar-refractivity contribution in [2.45, 2.75) is 32.1 Å². The Kier molecular flexibility index (Phi) is 4.66. The molecule has 0 bridgehead atoms. The second kappa shape index (κ2) is 5.85. The van der Waals surface area contributed by atoms with E-state index < -0.39 is 10.0 Å². The molecular formula is C14H22BrN3O2S. The summed E-state index contributed by atoms with van der Waals surface area (Å²) >= 11 is 3.30. The smallest absolute Gasteiger partial charge is 0.246 e. The molecule has 0 amide bonds. The molecular weight excluding hydrogens is 354 g/mol. The van der Waals surface area contributed by atoms with Gasteiger partial charge < -0.3 is 5.32 Å². The van der Waals surface area contributed by atoms with Crippen LogP contribution in [0.5, 0.6) is 0 Å². The standard InChI is InChI=1S/C14H22BrN3O2S/c1-14(2,3)10-5-6-18(9-10)21(19,20)12-7-11(15)8-17-13(12)16-4/h7-8,10H,5-6,9H2,1-4H3,(H,16,17). The summed E-state index contributed by atoms with van der Waals surface area (Å²) in [4.78, 5) is 4.37. The van der Waals surface area contributed by atoms with Crippen molar-refractivity contribution in [1.82, 2.24) is 9.29 Å². The zero-order valence-corrected chi connectivity index (χ0v) is 15.3. The second-order valence-corrected chi connectivity index (χ2v) is 9.29. The van der Waals surface area contributed by atoms with Crippen LogP contribution in [0, 0.1) is 11.3 Å². The summed E-state index contributed by atoms with van der Waals surface area (Å²) in [6, 6.07) is 1.61. The minimum Gasteiger partial charge on any atom is -0.372 e. The topological polar surface area (TPSA) is 62.3 Å². The van der Waals surface area contributed by atoms with E-state index in [9.17, 15) is 8.42 Å². The molecule has 2 heterocycles. The number of rotatable bonds is 3. The summed E-state index contributed by atoms with van der Waals surface area (Å²) in [7, 11) is -1.84. The number of nitrogens with one attached hydrogen (secondary N) is 1. The van der Waals surface area contributed by atoms with Gasteiger partial charge in [0, 0.05) is 30.8 Å². The summed E-state index contributed by atoms with van der Waals surface area (Å²) < 4.78 is 28.0. The van der Waals surface area contributed by atoms with Crippen LogP contribution in [-0.4, -0.2) is 37.8 Å². The van der Waals surface area contributed by atoms with Crippen LogP contribution in [0.2, 0.25) is 0 Å². The minimum absolute atomic E-state index is 0.117. The van der Waals surface area contributed by atoms with Gasteiger partial charge in [-0.3, -0.25) is 0 Å². The largest absolute Gasteiger partial charge is 0.372 e. The summed E-state index contributed by atoms with van der Waals surface area (Å²) in [6.45, 7) is 7.62. The predicted molar refractivity (Wildman–Crippen MR) is 87.8 cm³/mol. The van der Waals surface area contributed by atoms with E-state index in [1.807, 2.05) is 0 Å². The highest BCUT2D eigenvalue weighted by Crippen LogP contribution is 2.37. The Morgan fingerprint density at radius 2 is 2.10 bits per heavy atom. The van der Waals surface area contributed by atoms with Crippen LogP contribution >= 0.6 is 15.9 Å². The van der Waals surface area contributed by atoms with Crippen LogP contribution in [0.25, 0.3) is 0 Å². The second-order valence-electron chi connectivity index (χ2n) is 6.46. The Morgan fingerprint density at radius 3 is 2.62 bits per heavy atom. The van der Waals surface area contributed by atoms with Gasteiger partial charge in [-0.05, 0) is 39.8 Å². The van der Waals surface area contributed by atoms with Gasteiger partial charge in [-0.25, -0.2) is 13.4 Å². The first-order valence-corrected chi connectivity index (χ1v) is 9.23. The molecule has 21 heavy (non-hydrogen) atoms. The Hall–Kier alpha value is -0.660. The van der Waals surface area contributed by atoms with Crippen LogP contribution in [0.15, 0.2) is 21.6 Å². The molecule has 0 spiro atoms. The van der Waals surface area contributed by atoms with Crippen molar-refractivity contribution in [1.29, 1.82) is 0 Å². The monoisotopic (exact) mass is 375 g/mol. The van der Waals surface area contributed by atoms with Crippen LogP contribution in [0.3, 0.4) is 0 Å². The molecule has 1 aromatic rings. The summed E-state index contributed by atoms with van der Waals surface area (Å²) in [5.74, 6) is 0.767. The molecule has 0 saturated carbocycles. The third kappa shape index (κ3) is 3.40. The summed E-state index contributed by atoms with van der Waals surface area (Å²) in [5, 5.41) is 2.86. The van der Waals surface area contributed by atoms with Crippen LogP contribution in [0.4, 0.5) is 5.82 Å². The van der Waals surface area contributed by atoms with E-state index in [1.165, 1.54) is 0 Å². The molecule has 5 nitrogen and oxygen atoms in total. The number of hydrogen-bond donors (Lipinski definition) is 1. The fourth-order valence-corrected chi connectivity index (χ4v) is 4.76. The Labute approximate surface area is 135 Å². The molecule has 0 aliphatic carbocycles. The Morgan fingerprint density at radius 1 is 1.43 bits per heavy atom. The zero-order chi connectivity index (χ0) is 15.8. The average molecular weight is 376 g/mol. The van der Waals surface area contributed by atoms with E-state index in [-0.39, 0.29) is 10.3 Å². The molecule has 0 radical (unpaired) electrons. The number of sulfonamides is 1. The quantitative estimate of drug-likeness (QED) is 0.881. The highest BCUT2D eigenvalue weighted by Gasteiger charge is 2.38. The van der Waals surface area contributed by atoms with Gasteiger partial charge >= 0.3 is 0 Å².